The first-order valence-electron chi connectivity index (χ1n) is 8.73. The van der Waals surface area contributed by atoms with Gasteiger partial charge in [-0.05, 0) is 66.1 Å². The number of rotatable bonds is 4. The van der Waals surface area contributed by atoms with Crippen molar-refractivity contribution in [1.82, 2.24) is 5.32 Å². The van der Waals surface area contributed by atoms with Gasteiger partial charge in [-0.3, -0.25) is 0 Å². The maximum Gasteiger partial charge on any atom is 0.0342 e. The standard InChI is InChI=1S/C22H23NS/c1-23-15-19-10-9-17-14-18(21-8-5-13-24-21)11-12-20(17)22(19)16-6-3-2-4-7-16/h2-8,11-14,19,22-23H,9-10,15H2,1H3. The van der Waals surface area contributed by atoms with Crippen molar-refractivity contribution < 1.29 is 0 Å². The van der Waals surface area contributed by atoms with Gasteiger partial charge in [0.15, 0.2) is 0 Å². The van der Waals surface area contributed by atoms with E-state index in [0.717, 1.165) is 6.54 Å². The summed E-state index contributed by atoms with van der Waals surface area (Å²) < 4.78 is 0. The Morgan fingerprint density at radius 3 is 2.67 bits per heavy atom. The van der Waals surface area contributed by atoms with Crippen molar-refractivity contribution in [2.24, 2.45) is 5.92 Å². The number of nitrogens with one attached hydrogen (secondary N) is 1. The number of hydrogen-bond donors (Lipinski definition) is 1. The molecule has 0 amide bonds. The van der Waals surface area contributed by atoms with Gasteiger partial charge in [-0.1, -0.05) is 54.6 Å². The molecule has 1 heterocycles. The smallest absolute Gasteiger partial charge is 0.0342 e. The molecule has 0 saturated heterocycles. The molecule has 1 aliphatic rings. The molecule has 4 rings (SSSR count). The number of hydrogen-bond acceptors (Lipinski definition) is 2. The van der Waals surface area contributed by atoms with E-state index < -0.39 is 0 Å². The van der Waals surface area contributed by atoms with Crippen LogP contribution in [0.5, 0.6) is 0 Å². The summed E-state index contributed by atoms with van der Waals surface area (Å²) in [7, 11) is 2.07. The number of fused-ring (bicyclic) bond motifs is 1. The lowest BCUT2D eigenvalue weighted by molar-refractivity contribution is 0.396. The van der Waals surface area contributed by atoms with Crippen molar-refractivity contribution in [3.8, 4) is 10.4 Å². The number of aryl methyl sites for hydroxylation is 1. The molecule has 0 bridgehead atoms. The fourth-order valence-corrected chi connectivity index (χ4v) is 4.80. The molecule has 0 aliphatic heterocycles. The van der Waals surface area contributed by atoms with Crippen LogP contribution in [0.4, 0.5) is 0 Å². The van der Waals surface area contributed by atoms with Gasteiger partial charge in [-0.15, -0.1) is 11.3 Å². The van der Waals surface area contributed by atoms with E-state index in [1.165, 1.54) is 40.0 Å². The third kappa shape index (κ3) is 2.92. The van der Waals surface area contributed by atoms with Gasteiger partial charge in [-0.2, -0.15) is 0 Å². The van der Waals surface area contributed by atoms with E-state index in [4.69, 9.17) is 0 Å². The van der Waals surface area contributed by atoms with Gasteiger partial charge in [0.1, 0.15) is 0 Å². The third-order valence-electron chi connectivity index (χ3n) is 5.16. The molecule has 2 heteroatoms. The van der Waals surface area contributed by atoms with Crippen LogP contribution in [0.15, 0.2) is 66.0 Å². The summed E-state index contributed by atoms with van der Waals surface area (Å²) in [6.45, 7) is 1.08. The Bertz CT molecular complexity index is 792. The van der Waals surface area contributed by atoms with Crippen LogP contribution in [0, 0.1) is 5.92 Å². The normalized spacial score (nSPS) is 19.9. The van der Waals surface area contributed by atoms with E-state index in [1.807, 2.05) is 11.3 Å². The summed E-state index contributed by atoms with van der Waals surface area (Å²) in [4.78, 5) is 1.37. The SMILES string of the molecule is CNCC1CCc2cc(-c3cccs3)ccc2C1c1ccccc1. The Hall–Kier alpha value is -1.90. The minimum absolute atomic E-state index is 0.500. The Morgan fingerprint density at radius 1 is 1.04 bits per heavy atom. The van der Waals surface area contributed by atoms with Gasteiger partial charge in [-0.25, -0.2) is 0 Å². The van der Waals surface area contributed by atoms with Crippen molar-refractivity contribution in [3.05, 3.63) is 82.7 Å². The molecule has 0 saturated carbocycles. The Kier molecular flexibility index (Phi) is 4.50. The fourth-order valence-electron chi connectivity index (χ4n) is 4.08. The first kappa shape index (κ1) is 15.6. The maximum absolute atomic E-state index is 3.40. The first-order chi connectivity index (χ1) is 11.9. The van der Waals surface area contributed by atoms with E-state index >= 15 is 0 Å². The molecule has 1 N–H and O–H groups in total. The first-order valence-corrected chi connectivity index (χ1v) is 9.61. The van der Waals surface area contributed by atoms with Gasteiger partial charge >= 0.3 is 0 Å². The van der Waals surface area contributed by atoms with Crippen molar-refractivity contribution in [2.75, 3.05) is 13.6 Å². The van der Waals surface area contributed by atoms with Gasteiger partial charge in [0.2, 0.25) is 0 Å². The Morgan fingerprint density at radius 2 is 1.92 bits per heavy atom. The topological polar surface area (TPSA) is 12.0 Å². The quantitative estimate of drug-likeness (QED) is 0.680. The second-order valence-corrected chi connectivity index (χ2v) is 7.58. The lowest BCUT2D eigenvalue weighted by atomic mass is 9.71. The fraction of sp³-hybridized carbons (Fsp3) is 0.273. The molecule has 0 radical (unpaired) electrons. The van der Waals surface area contributed by atoms with Crippen LogP contribution in [-0.2, 0) is 6.42 Å². The zero-order chi connectivity index (χ0) is 16.4. The molecule has 1 nitrogen and oxygen atoms in total. The summed E-state index contributed by atoms with van der Waals surface area (Å²) in [5.41, 5.74) is 5.86. The highest BCUT2D eigenvalue weighted by Gasteiger charge is 2.30. The summed E-state index contributed by atoms with van der Waals surface area (Å²) >= 11 is 1.82. The van der Waals surface area contributed by atoms with Crippen LogP contribution < -0.4 is 5.32 Å². The molecule has 24 heavy (non-hydrogen) atoms. The van der Waals surface area contributed by atoms with Crippen LogP contribution >= 0.6 is 11.3 Å². The predicted octanol–water partition coefficient (Wildman–Crippen LogP) is 5.33. The minimum Gasteiger partial charge on any atom is -0.319 e. The molecule has 2 unspecified atom stereocenters. The second kappa shape index (κ2) is 6.92. The van der Waals surface area contributed by atoms with E-state index in [9.17, 15) is 0 Å². The van der Waals surface area contributed by atoms with Crippen LogP contribution in [0.25, 0.3) is 10.4 Å². The average Bonchev–Trinajstić information content (AvgIpc) is 3.17. The molecule has 2 aromatic carbocycles. The number of thiophene rings is 1. The lowest BCUT2D eigenvalue weighted by Gasteiger charge is -2.34. The van der Waals surface area contributed by atoms with E-state index in [0.29, 0.717) is 11.8 Å². The van der Waals surface area contributed by atoms with Crippen LogP contribution in [0.1, 0.15) is 29.0 Å². The Labute approximate surface area is 148 Å². The molecule has 0 spiro atoms. The highest BCUT2D eigenvalue weighted by atomic mass is 32.1. The van der Waals surface area contributed by atoms with Crippen LogP contribution in [-0.4, -0.2) is 13.6 Å². The van der Waals surface area contributed by atoms with Gasteiger partial charge in [0, 0.05) is 10.8 Å². The summed E-state index contributed by atoms with van der Waals surface area (Å²) in [6, 6.07) is 22.5. The highest BCUT2D eigenvalue weighted by molar-refractivity contribution is 7.13. The van der Waals surface area contributed by atoms with E-state index in [2.05, 4.69) is 78.4 Å². The zero-order valence-corrected chi connectivity index (χ0v) is 14.9. The molecule has 2 atom stereocenters. The number of benzene rings is 2. The summed E-state index contributed by atoms with van der Waals surface area (Å²) in [5.74, 6) is 1.16. The van der Waals surface area contributed by atoms with E-state index in [1.54, 1.807) is 0 Å². The molecule has 1 aliphatic carbocycles. The lowest BCUT2D eigenvalue weighted by Crippen LogP contribution is -2.29. The molecule has 122 valence electrons. The summed E-state index contributed by atoms with van der Waals surface area (Å²) in [6.07, 6.45) is 2.44. The van der Waals surface area contributed by atoms with Crippen molar-refractivity contribution >= 4 is 11.3 Å². The summed E-state index contributed by atoms with van der Waals surface area (Å²) in [5, 5.41) is 5.56. The molecule has 3 aromatic rings. The largest absolute Gasteiger partial charge is 0.319 e. The van der Waals surface area contributed by atoms with Gasteiger partial charge in [0.25, 0.3) is 0 Å². The zero-order valence-electron chi connectivity index (χ0n) is 14.0. The maximum atomic E-state index is 3.40. The monoisotopic (exact) mass is 333 g/mol. The predicted molar refractivity (Wildman–Crippen MR) is 104 cm³/mol. The van der Waals surface area contributed by atoms with Crippen molar-refractivity contribution in [1.29, 1.82) is 0 Å². The van der Waals surface area contributed by atoms with Gasteiger partial charge < -0.3 is 5.32 Å². The minimum atomic E-state index is 0.500. The van der Waals surface area contributed by atoms with Crippen LogP contribution in [0.2, 0.25) is 0 Å². The molecule has 0 fully saturated rings. The van der Waals surface area contributed by atoms with Crippen molar-refractivity contribution in [2.45, 2.75) is 18.8 Å². The van der Waals surface area contributed by atoms with Gasteiger partial charge in [0.05, 0.1) is 0 Å². The average molecular weight is 334 g/mol. The third-order valence-corrected chi connectivity index (χ3v) is 6.08. The second-order valence-electron chi connectivity index (χ2n) is 6.64. The van der Waals surface area contributed by atoms with Crippen LogP contribution in [0.3, 0.4) is 0 Å². The molecular formula is C22H23NS. The van der Waals surface area contributed by atoms with E-state index in [-0.39, 0.29) is 0 Å². The molecular weight excluding hydrogens is 310 g/mol. The molecule has 1 aromatic heterocycles. The van der Waals surface area contributed by atoms with Crippen molar-refractivity contribution in [3.63, 3.8) is 0 Å². The highest BCUT2D eigenvalue weighted by Crippen LogP contribution is 2.42. The Balaban J connectivity index is 1.77.